The van der Waals surface area contributed by atoms with Crippen molar-refractivity contribution in [1.82, 2.24) is 4.31 Å². The van der Waals surface area contributed by atoms with Crippen LogP contribution in [0, 0.1) is 10.1 Å². The summed E-state index contributed by atoms with van der Waals surface area (Å²) in [5, 5.41) is 10.2. The van der Waals surface area contributed by atoms with Crippen LogP contribution < -0.4 is 0 Å². The third-order valence-electron chi connectivity index (χ3n) is 3.08. The molecule has 9 heteroatoms. The molecule has 1 aliphatic heterocycles. The zero-order valence-electron chi connectivity index (χ0n) is 11.3. The molecule has 1 aliphatic rings. The van der Waals surface area contributed by atoms with Crippen molar-refractivity contribution in [2.45, 2.75) is 30.0 Å². The van der Waals surface area contributed by atoms with Gasteiger partial charge >= 0.3 is 0 Å². The molecule has 0 spiro atoms. The summed E-state index contributed by atoms with van der Waals surface area (Å²) in [4.78, 5) is 21.8. The molecule has 0 saturated carbocycles. The molecule has 1 fully saturated rings. The Kier molecular flexibility index (Phi) is 4.52. The number of nitro benzene ring substituents is 1. The van der Waals surface area contributed by atoms with E-state index in [-0.39, 0.29) is 17.0 Å². The second kappa shape index (κ2) is 6.02. The van der Waals surface area contributed by atoms with Gasteiger partial charge in [0.15, 0.2) is 0 Å². The number of hydrogen-bond donors (Lipinski definition) is 0. The molecule has 1 unspecified atom stereocenters. The zero-order valence-corrected chi connectivity index (χ0v) is 12.9. The first-order valence-corrected chi connectivity index (χ1v) is 8.80. The van der Waals surface area contributed by atoms with Crippen molar-refractivity contribution >= 4 is 33.4 Å². The highest BCUT2D eigenvalue weighted by Crippen LogP contribution is 2.33. The lowest BCUT2D eigenvalue weighted by molar-refractivity contribution is -0.384. The fourth-order valence-corrected chi connectivity index (χ4v) is 5.05. The number of carbonyl (C=O) groups excluding carboxylic acids is 1. The maximum absolute atomic E-state index is 12.5. The Morgan fingerprint density at radius 1 is 1.38 bits per heavy atom. The van der Waals surface area contributed by atoms with Gasteiger partial charge in [0.2, 0.25) is 5.91 Å². The van der Waals surface area contributed by atoms with Gasteiger partial charge in [-0.15, -0.1) is 11.8 Å². The second-order valence-corrected chi connectivity index (χ2v) is 7.66. The highest BCUT2D eigenvalue weighted by atomic mass is 32.2. The fourth-order valence-electron chi connectivity index (χ4n) is 2.12. The molecule has 1 saturated heterocycles. The Bertz CT molecular complexity index is 657. The van der Waals surface area contributed by atoms with Crippen LogP contribution in [0.15, 0.2) is 29.2 Å². The van der Waals surface area contributed by atoms with Crippen molar-refractivity contribution in [2.24, 2.45) is 0 Å². The molecule has 1 heterocycles. The minimum Gasteiger partial charge on any atom is -0.274 e. The van der Waals surface area contributed by atoms with E-state index < -0.39 is 26.2 Å². The Balaban J connectivity index is 2.36. The van der Waals surface area contributed by atoms with Gasteiger partial charge < -0.3 is 0 Å². The molecule has 114 valence electrons. The normalized spacial score (nSPS) is 19.0. The average molecular weight is 330 g/mol. The molecule has 7 nitrogen and oxygen atoms in total. The van der Waals surface area contributed by atoms with Crippen molar-refractivity contribution in [3.05, 3.63) is 34.4 Å². The lowest BCUT2D eigenvalue weighted by Crippen LogP contribution is -2.37. The summed E-state index contributed by atoms with van der Waals surface area (Å²) in [6.07, 6.45) is 0.688. The SMILES string of the molecule is CCSC1CCC(=O)N1S(=O)(=O)c1ccc([N+](=O)[O-])cc1. The lowest BCUT2D eigenvalue weighted by atomic mass is 10.3. The number of nitro groups is 1. The van der Waals surface area contributed by atoms with Gasteiger partial charge in [-0.2, -0.15) is 0 Å². The molecular formula is C12H14N2O5S2. The van der Waals surface area contributed by atoms with Gasteiger partial charge in [0, 0.05) is 18.6 Å². The van der Waals surface area contributed by atoms with E-state index in [2.05, 4.69) is 0 Å². The third kappa shape index (κ3) is 3.03. The van der Waals surface area contributed by atoms with Crippen LogP contribution in [0.25, 0.3) is 0 Å². The molecule has 0 radical (unpaired) electrons. The molecular weight excluding hydrogens is 316 g/mol. The molecule has 0 bridgehead atoms. The smallest absolute Gasteiger partial charge is 0.269 e. The van der Waals surface area contributed by atoms with Crippen LogP contribution in [0.4, 0.5) is 5.69 Å². The van der Waals surface area contributed by atoms with Gasteiger partial charge in [0.1, 0.15) is 0 Å². The summed E-state index contributed by atoms with van der Waals surface area (Å²) in [6.45, 7) is 1.89. The monoisotopic (exact) mass is 330 g/mol. The van der Waals surface area contributed by atoms with Crippen molar-refractivity contribution < 1.29 is 18.1 Å². The number of non-ortho nitro benzene ring substituents is 1. The number of benzene rings is 1. The predicted molar refractivity (Wildman–Crippen MR) is 78.3 cm³/mol. The topological polar surface area (TPSA) is 97.6 Å². The number of thioether (sulfide) groups is 1. The summed E-state index contributed by atoms with van der Waals surface area (Å²) in [5.41, 5.74) is -0.193. The minimum atomic E-state index is -3.96. The summed E-state index contributed by atoms with van der Waals surface area (Å²) in [6, 6.07) is 4.56. The maximum atomic E-state index is 12.5. The van der Waals surface area contributed by atoms with E-state index in [1.165, 1.54) is 11.8 Å². The van der Waals surface area contributed by atoms with Crippen LogP contribution in [0.5, 0.6) is 0 Å². The van der Waals surface area contributed by atoms with Gasteiger partial charge in [-0.1, -0.05) is 6.92 Å². The van der Waals surface area contributed by atoms with E-state index in [4.69, 9.17) is 0 Å². The van der Waals surface area contributed by atoms with Gasteiger partial charge in [-0.05, 0) is 24.3 Å². The second-order valence-electron chi connectivity index (χ2n) is 4.39. The third-order valence-corrected chi connectivity index (χ3v) is 6.22. The summed E-state index contributed by atoms with van der Waals surface area (Å²) < 4.78 is 26.0. The summed E-state index contributed by atoms with van der Waals surface area (Å²) in [5.74, 6) is 0.267. The van der Waals surface area contributed by atoms with E-state index in [0.717, 1.165) is 28.6 Å². The maximum Gasteiger partial charge on any atom is 0.269 e. The highest BCUT2D eigenvalue weighted by Gasteiger charge is 2.40. The Morgan fingerprint density at radius 2 is 2.00 bits per heavy atom. The standard InChI is InChI=1S/C12H14N2O5S2/c1-2-20-12-8-7-11(15)13(12)21(18,19)10-5-3-9(4-6-10)14(16)17/h3-6,12H,2,7-8H2,1H3. The van der Waals surface area contributed by atoms with Crippen molar-refractivity contribution in [2.75, 3.05) is 5.75 Å². The van der Waals surface area contributed by atoms with Crippen molar-refractivity contribution in [1.29, 1.82) is 0 Å². The first-order chi connectivity index (χ1) is 9.87. The Morgan fingerprint density at radius 3 is 2.52 bits per heavy atom. The van der Waals surface area contributed by atoms with Gasteiger partial charge in [-0.25, -0.2) is 12.7 Å². The lowest BCUT2D eigenvalue weighted by Gasteiger charge is -2.23. The molecule has 21 heavy (non-hydrogen) atoms. The van der Waals surface area contributed by atoms with Crippen LogP contribution in [0.2, 0.25) is 0 Å². The van der Waals surface area contributed by atoms with E-state index in [1.54, 1.807) is 0 Å². The van der Waals surface area contributed by atoms with Gasteiger partial charge in [0.05, 0.1) is 15.2 Å². The Labute approximate surface area is 126 Å². The first-order valence-electron chi connectivity index (χ1n) is 6.31. The van der Waals surface area contributed by atoms with E-state index in [9.17, 15) is 23.3 Å². The van der Waals surface area contributed by atoms with Gasteiger partial charge in [0.25, 0.3) is 15.7 Å². The number of sulfonamides is 1. The molecule has 0 aromatic heterocycles. The molecule has 0 N–H and O–H groups in total. The fraction of sp³-hybridized carbons (Fsp3) is 0.417. The van der Waals surface area contributed by atoms with E-state index >= 15 is 0 Å². The van der Waals surface area contributed by atoms with Crippen LogP contribution in [-0.2, 0) is 14.8 Å². The number of amides is 1. The number of rotatable bonds is 5. The van der Waals surface area contributed by atoms with Gasteiger partial charge in [-0.3, -0.25) is 14.9 Å². The van der Waals surface area contributed by atoms with Crippen LogP contribution >= 0.6 is 11.8 Å². The van der Waals surface area contributed by atoms with Crippen molar-refractivity contribution in [3.63, 3.8) is 0 Å². The van der Waals surface area contributed by atoms with E-state index in [0.29, 0.717) is 12.2 Å². The zero-order chi connectivity index (χ0) is 15.6. The quantitative estimate of drug-likeness (QED) is 0.605. The molecule has 0 aliphatic carbocycles. The van der Waals surface area contributed by atoms with Crippen molar-refractivity contribution in [3.8, 4) is 0 Å². The average Bonchev–Trinajstić information content (AvgIpc) is 2.81. The number of hydrogen-bond acceptors (Lipinski definition) is 6. The Hall–Kier alpha value is -1.61. The van der Waals surface area contributed by atoms with Crippen LogP contribution in [0.3, 0.4) is 0 Å². The summed E-state index contributed by atoms with van der Waals surface area (Å²) in [7, 11) is -3.96. The molecule has 1 atom stereocenters. The van der Waals surface area contributed by atoms with E-state index in [1.807, 2.05) is 6.92 Å². The summed E-state index contributed by atoms with van der Waals surface area (Å²) >= 11 is 1.40. The van der Waals surface area contributed by atoms with Crippen LogP contribution in [-0.4, -0.2) is 34.7 Å². The molecule has 1 aromatic carbocycles. The van der Waals surface area contributed by atoms with Crippen LogP contribution in [0.1, 0.15) is 19.8 Å². The molecule has 1 aromatic rings. The first kappa shape index (κ1) is 15.8. The number of nitrogens with zero attached hydrogens (tertiary/aromatic N) is 2. The predicted octanol–water partition coefficient (Wildman–Crippen LogP) is 1.99. The molecule has 1 amide bonds. The molecule has 2 rings (SSSR count). The largest absolute Gasteiger partial charge is 0.274 e. The number of carbonyl (C=O) groups is 1. The minimum absolute atomic E-state index is 0.106. The highest BCUT2D eigenvalue weighted by molar-refractivity contribution is 8.00.